The van der Waals surface area contributed by atoms with Gasteiger partial charge in [0.15, 0.2) is 0 Å². The summed E-state index contributed by atoms with van der Waals surface area (Å²) in [7, 11) is 0. The van der Waals surface area contributed by atoms with Gasteiger partial charge in [-0.2, -0.15) is 0 Å². The molecule has 0 aliphatic carbocycles. The summed E-state index contributed by atoms with van der Waals surface area (Å²) < 4.78 is 0. The van der Waals surface area contributed by atoms with Crippen LogP contribution in [-0.4, -0.2) is 37.6 Å². The molecule has 1 aliphatic heterocycles. The summed E-state index contributed by atoms with van der Waals surface area (Å²) in [6.45, 7) is 10.3. The molecule has 0 amide bonds. The van der Waals surface area contributed by atoms with E-state index < -0.39 is 0 Å². The number of benzene rings is 1. The lowest BCUT2D eigenvalue weighted by Crippen LogP contribution is -2.29. The average Bonchev–Trinajstić information content (AvgIpc) is 2.85. The van der Waals surface area contributed by atoms with Gasteiger partial charge in [-0.25, -0.2) is 0 Å². The first-order valence-corrected chi connectivity index (χ1v) is 8.67. The van der Waals surface area contributed by atoms with Gasteiger partial charge in [-0.05, 0) is 62.0 Å². The van der Waals surface area contributed by atoms with Crippen molar-refractivity contribution in [2.24, 2.45) is 11.8 Å². The van der Waals surface area contributed by atoms with Crippen molar-refractivity contribution in [3.05, 3.63) is 33.8 Å². The van der Waals surface area contributed by atoms with Crippen molar-refractivity contribution in [2.75, 3.05) is 32.7 Å². The van der Waals surface area contributed by atoms with Crippen LogP contribution in [0.3, 0.4) is 0 Å². The molecule has 1 aromatic carbocycles. The lowest BCUT2D eigenvalue weighted by Gasteiger charge is -2.17. The molecule has 1 N–H and O–H groups in total. The summed E-state index contributed by atoms with van der Waals surface area (Å²) in [5, 5.41) is 5.07. The van der Waals surface area contributed by atoms with Gasteiger partial charge in [0.1, 0.15) is 0 Å². The van der Waals surface area contributed by atoms with E-state index in [1.807, 2.05) is 18.2 Å². The minimum Gasteiger partial charge on any atom is -0.316 e. The first kappa shape index (κ1) is 17.1. The lowest BCUT2D eigenvalue weighted by molar-refractivity contribution is 0.324. The molecule has 1 heterocycles. The van der Waals surface area contributed by atoms with Crippen molar-refractivity contribution in [3.8, 4) is 0 Å². The molecule has 1 aliphatic rings. The monoisotopic (exact) mass is 328 g/mol. The summed E-state index contributed by atoms with van der Waals surface area (Å²) in [5.41, 5.74) is 1.20. The highest BCUT2D eigenvalue weighted by Gasteiger charge is 2.21. The van der Waals surface area contributed by atoms with Crippen LogP contribution in [0, 0.1) is 11.8 Å². The fourth-order valence-corrected chi connectivity index (χ4v) is 3.36. The third-order valence-electron chi connectivity index (χ3n) is 4.07. The van der Waals surface area contributed by atoms with E-state index in [0.29, 0.717) is 5.02 Å². The Bertz CT molecular complexity index is 448. The molecule has 0 bridgehead atoms. The highest BCUT2D eigenvalue weighted by Crippen LogP contribution is 2.22. The van der Waals surface area contributed by atoms with Crippen LogP contribution in [0.25, 0.3) is 0 Å². The van der Waals surface area contributed by atoms with Gasteiger partial charge in [0.05, 0.1) is 0 Å². The molecule has 1 atom stereocenters. The molecule has 1 unspecified atom stereocenters. The van der Waals surface area contributed by atoms with Gasteiger partial charge in [0, 0.05) is 23.1 Å². The van der Waals surface area contributed by atoms with E-state index in [1.54, 1.807) is 0 Å². The van der Waals surface area contributed by atoms with Crippen molar-refractivity contribution in [1.82, 2.24) is 10.2 Å². The fourth-order valence-electron chi connectivity index (χ4n) is 2.86. The van der Waals surface area contributed by atoms with Crippen molar-refractivity contribution in [2.45, 2.75) is 26.7 Å². The highest BCUT2D eigenvalue weighted by molar-refractivity contribution is 6.35. The smallest absolute Gasteiger partial charge is 0.0453 e. The van der Waals surface area contributed by atoms with Crippen LogP contribution < -0.4 is 5.32 Å². The maximum atomic E-state index is 6.23. The van der Waals surface area contributed by atoms with Gasteiger partial charge < -0.3 is 10.2 Å². The Morgan fingerprint density at radius 2 is 2.14 bits per heavy atom. The second-order valence-corrected chi connectivity index (χ2v) is 7.34. The van der Waals surface area contributed by atoms with Crippen LogP contribution in [0.2, 0.25) is 10.0 Å². The number of nitrogens with one attached hydrogen (secondary N) is 1. The molecule has 1 saturated heterocycles. The molecule has 0 radical (unpaired) electrons. The quantitative estimate of drug-likeness (QED) is 0.810. The maximum absolute atomic E-state index is 6.23. The molecule has 0 saturated carbocycles. The Kier molecular flexibility index (Phi) is 6.81. The predicted octanol–water partition coefficient (Wildman–Crippen LogP) is 4.10. The fraction of sp³-hybridized carbons (Fsp3) is 0.647. The summed E-state index contributed by atoms with van der Waals surface area (Å²) in [4.78, 5) is 2.55. The number of nitrogens with zero attached hydrogens (tertiary/aromatic N) is 1. The van der Waals surface area contributed by atoms with E-state index in [-0.39, 0.29) is 0 Å². The Morgan fingerprint density at radius 3 is 2.86 bits per heavy atom. The number of likely N-dealkylation sites (tertiary alicyclic amines) is 1. The van der Waals surface area contributed by atoms with Gasteiger partial charge in [0.25, 0.3) is 0 Å². The minimum absolute atomic E-state index is 0.709. The molecular weight excluding hydrogens is 303 g/mol. The molecule has 1 fully saturated rings. The summed E-state index contributed by atoms with van der Waals surface area (Å²) in [6.07, 6.45) is 2.31. The molecule has 2 nitrogen and oxygen atoms in total. The van der Waals surface area contributed by atoms with Crippen molar-refractivity contribution < 1.29 is 0 Å². The second kappa shape index (κ2) is 8.38. The maximum Gasteiger partial charge on any atom is 0.0453 e. The molecule has 4 heteroatoms. The van der Waals surface area contributed by atoms with E-state index in [2.05, 4.69) is 24.1 Å². The van der Waals surface area contributed by atoms with Crippen LogP contribution in [0.5, 0.6) is 0 Å². The minimum atomic E-state index is 0.709. The van der Waals surface area contributed by atoms with Crippen LogP contribution >= 0.6 is 23.2 Å². The molecular formula is C17H26Cl2N2. The molecule has 2 rings (SSSR count). The average molecular weight is 329 g/mol. The molecule has 21 heavy (non-hydrogen) atoms. The van der Waals surface area contributed by atoms with Crippen molar-refractivity contribution in [1.29, 1.82) is 0 Å². The number of hydrogen-bond acceptors (Lipinski definition) is 2. The SMILES string of the molecule is CC(C)CNCC1CCN(CCc2ccc(Cl)cc2Cl)C1. The third-order valence-corrected chi connectivity index (χ3v) is 4.65. The molecule has 0 spiro atoms. The zero-order valence-corrected chi connectivity index (χ0v) is 14.6. The van der Waals surface area contributed by atoms with E-state index in [9.17, 15) is 0 Å². The number of halogens is 2. The summed E-state index contributed by atoms with van der Waals surface area (Å²) in [5.74, 6) is 1.53. The third kappa shape index (κ3) is 5.78. The van der Waals surface area contributed by atoms with E-state index >= 15 is 0 Å². The van der Waals surface area contributed by atoms with Crippen LogP contribution in [0.1, 0.15) is 25.8 Å². The topological polar surface area (TPSA) is 15.3 Å². The van der Waals surface area contributed by atoms with E-state index in [4.69, 9.17) is 23.2 Å². The largest absolute Gasteiger partial charge is 0.316 e. The highest BCUT2D eigenvalue weighted by atomic mass is 35.5. The number of rotatable bonds is 7. The Morgan fingerprint density at radius 1 is 1.33 bits per heavy atom. The van der Waals surface area contributed by atoms with Crippen LogP contribution in [0.4, 0.5) is 0 Å². The predicted molar refractivity (Wildman–Crippen MR) is 92.4 cm³/mol. The van der Waals surface area contributed by atoms with Crippen LogP contribution in [0.15, 0.2) is 18.2 Å². The van der Waals surface area contributed by atoms with Gasteiger partial charge in [-0.15, -0.1) is 0 Å². The van der Waals surface area contributed by atoms with Gasteiger partial charge >= 0.3 is 0 Å². The normalized spacial score (nSPS) is 19.6. The summed E-state index contributed by atoms with van der Waals surface area (Å²) in [6, 6.07) is 5.80. The zero-order valence-electron chi connectivity index (χ0n) is 13.0. The molecule has 1 aromatic rings. The second-order valence-electron chi connectivity index (χ2n) is 6.49. The van der Waals surface area contributed by atoms with E-state index in [1.165, 1.54) is 25.1 Å². The molecule has 0 aromatic heterocycles. The lowest BCUT2D eigenvalue weighted by atomic mass is 10.1. The first-order chi connectivity index (χ1) is 10.0. The molecule has 118 valence electrons. The Balaban J connectivity index is 1.70. The van der Waals surface area contributed by atoms with E-state index in [0.717, 1.165) is 42.9 Å². The standard InChI is InChI=1S/C17H26Cl2N2/c1-13(2)10-20-11-14-5-7-21(12-14)8-6-15-3-4-16(18)9-17(15)19/h3-4,9,13-14,20H,5-8,10-12H2,1-2H3. The zero-order chi connectivity index (χ0) is 15.2. The first-order valence-electron chi connectivity index (χ1n) is 7.91. The van der Waals surface area contributed by atoms with Gasteiger partial charge in [-0.3, -0.25) is 0 Å². The van der Waals surface area contributed by atoms with Gasteiger partial charge in [-0.1, -0.05) is 43.1 Å². The Labute approximate surface area is 138 Å². The van der Waals surface area contributed by atoms with Crippen molar-refractivity contribution >= 4 is 23.2 Å². The van der Waals surface area contributed by atoms with Crippen LogP contribution in [-0.2, 0) is 6.42 Å². The Hall–Kier alpha value is -0.280. The number of hydrogen-bond donors (Lipinski definition) is 1. The van der Waals surface area contributed by atoms with Crippen molar-refractivity contribution in [3.63, 3.8) is 0 Å². The van der Waals surface area contributed by atoms with Gasteiger partial charge in [0.2, 0.25) is 0 Å². The summed E-state index contributed by atoms with van der Waals surface area (Å²) >= 11 is 12.2.